The van der Waals surface area contributed by atoms with Gasteiger partial charge in [0.2, 0.25) is 0 Å². The third kappa shape index (κ3) is 3.85. The summed E-state index contributed by atoms with van der Waals surface area (Å²) in [6, 6.07) is 4.50. The summed E-state index contributed by atoms with van der Waals surface area (Å²) in [5, 5.41) is 0. The smallest absolute Gasteiger partial charge is 0.149 e. The van der Waals surface area contributed by atoms with Crippen LogP contribution >= 0.6 is 23.5 Å². The summed E-state index contributed by atoms with van der Waals surface area (Å²) in [4.78, 5) is 4.56. The van der Waals surface area contributed by atoms with E-state index in [9.17, 15) is 8.78 Å². The highest BCUT2D eigenvalue weighted by Crippen LogP contribution is 2.25. The van der Waals surface area contributed by atoms with Gasteiger partial charge in [-0.05, 0) is 12.1 Å². The Bertz CT molecular complexity index is 471. The molecular formula is C15H20F2N2S2. The number of anilines is 1. The maximum absolute atomic E-state index is 13.8. The number of benzene rings is 1. The normalized spacial score (nSPS) is 22.3. The fraction of sp³-hybridized carbons (Fsp3) is 0.600. The minimum Gasteiger partial charge on any atom is -0.367 e. The number of piperazine rings is 1. The first kappa shape index (κ1) is 15.4. The Morgan fingerprint density at radius 2 is 1.62 bits per heavy atom. The largest absolute Gasteiger partial charge is 0.367 e. The lowest BCUT2D eigenvalue weighted by Gasteiger charge is -2.39. The molecule has 6 heteroatoms. The van der Waals surface area contributed by atoms with Crippen molar-refractivity contribution in [1.82, 2.24) is 4.90 Å². The van der Waals surface area contributed by atoms with Crippen LogP contribution in [-0.2, 0) is 0 Å². The van der Waals surface area contributed by atoms with Gasteiger partial charge in [0.25, 0.3) is 0 Å². The molecule has 0 amide bonds. The second-order valence-electron chi connectivity index (χ2n) is 5.42. The van der Waals surface area contributed by atoms with Crippen LogP contribution in [0.2, 0.25) is 0 Å². The van der Waals surface area contributed by atoms with E-state index in [1.807, 2.05) is 28.4 Å². The maximum atomic E-state index is 13.8. The molecule has 1 aromatic carbocycles. The first-order chi connectivity index (χ1) is 10.2. The molecule has 3 rings (SSSR count). The predicted molar refractivity (Wildman–Crippen MR) is 88.6 cm³/mol. The van der Waals surface area contributed by atoms with Gasteiger partial charge >= 0.3 is 0 Å². The van der Waals surface area contributed by atoms with Crippen LogP contribution in [0.5, 0.6) is 0 Å². The van der Waals surface area contributed by atoms with Crippen LogP contribution in [0.1, 0.15) is 0 Å². The minimum atomic E-state index is -0.512. The molecule has 21 heavy (non-hydrogen) atoms. The Labute approximate surface area is 133 Å². The molecule has 0 spiro atoms. The van der Waals surface area contributed by atoms with Gasteiger partial charge < -0.3 is 4.90 Å². The van der Waals surface area contributed by atoms with E-state index in [-0.39, 0.29) is 0 Å². The molecule has 2 fully saturated rings. The molecule has 2 saturated heterocycles. The van der Waals surface area contributed by atoms with Crippen molar-refractivity contribution in [3.8, 4) is 0 Å². The van der Waals surface area contributed by atoms with E-state index in [2.05, 4.69) is 4.90 Å². The number of nitrogens with zero attached hydrogens (tertiary/aromatic N) is 2. The summed E-state index contributed by atoms with van der Waals surface area (Å²) in [5.41, 5.74) is 0.528. The standard InChI is InChI=1S/C15H20F2N2S2/c16-12-1-2-15(14(17)9-12)19-5-3-18(4-6-19)13-10-20-7-8-21-11-13/h1-2,9,13H,3-8,10-11H2. The molecular weight excluding hydrogens is 310 g/mol. The molecule has 0 aliphatic carbocycles. The van der Waals surface area contributed by atoms with E-state index in [0.29, 0.717) is 11.7 Å². The Hall–Kier alpha value is -0.460. The average Bonchev–Trinajstić information content (AvgIpc) is 2.77. The quantitative estimate of drug-likeness (QED) is 0.822. The summed E-state index contributed by atoms with van der Waals surface area (Å²) >= 11 is 4.08. The Morgan fingerprint density at radius 1 is 0.952 bits per heavy atom. The van der Waals surface area contributed by atoms with Crippen LogP contribution < -0.4 is 4.90 Å². The molecule has 0 saturated carbocycles. The lowest BCUT2D eigenvalue weighted by atomic mass is 10.2. The summed E-state index contributed by atoms with van der Waals surface area (Å²) in [5.74, 6) is 3.95. The fourth-order valence-corrected chi connectivity index (χ4v) is 5.51. The summed E-state index contributed by atoms with van der Waals surface area (Å²) < 4.78 is 26.8. The zero-order chi connectivity index (χ0) is 14.7. The van der Waals surface area contributed by atoms with E-state index >= 15 is 0 Å². The third-order valence-corrected chi connectivity index (χ3v) is 6.56. The first-order valence-electron chi connectivity index (χ1n) is 7.33. The molecule has 0 radical (unpaired) electrons. The Kier molecular flexibility index (Phi) is 5.29. The van der Waals surface area contributed by atoms with E-state index in [1.54, 1.807) is 6.07 Å². The molecule has 2 aliphatic rings. The van der Waals surface area contributed by atoms with Crippen molar-refractivity contribution in [2.75, 3.05) is 54.1 Å². The predicted octanol–water partition coefficient (Wildman–Crippen LogP) is 2.94. The van der Waals surface area contributed by atoms with Crippen LogP contribution in [0.25, 0.3) is 0 Å². The van der Waals surface area contributed by atoms with E-state index < -0.39 is 11.6 Å². The van der Waals surface area contributed by atoms with Crippen LogP contribution in [0, 0.1) is 11.6 Å². The zero-order valence-corrected chi connectivity index (χ0v) is 13.6. The van der Waals surface area contributed by atoms with Crippen molar-refractivity contribution in [2.45, 2.75) is 6.04 Å². The second kappa shape index (κ2) is 7.20. The molecule has 0 unspecified atom stereocenters. The molecule has 2 heterocycles. The van der Waals surface area contributed by atoms with Crippen molar-refractivity contribution in [1.29, 1.82) is 0 Å². The summed E-state index contributed by atoms with van der Waals surface area (Å²) in [6.45, 7) is 3.55. The van der Waals surface area contributed by atoms with E-state index in [0.717, 1.165) is 32.2 Å². The van der Waals surface area contributed by atoms with Gasteiger partial charge in [0.15, 0.2) is 0 Å². The molecule has 2 nitrogen and oxygen atoms in total. The van der Waals surface area contributed by atoms with Gasteiger partial charge in [-0.25, -0.2) is 8.78 Å². The number of hydrogen-bond acceptors (Lipinski definition) is 4. The number of halogens is 2. The van der Waals surface area contributed by atoms with Gasteiger partial charge in [0.05, 0.1) is 5.69 Å². The number of rotatable bonds is 2. The average molecular weight is 330 g/mol. The van der Waals surface area contributed by atoms with Crippen molar-refractivity contribution in [3.63, 3.8) is 0 Å². The van der Waals surface area contributed by atoms with Crippen LogP contribution in [-0.4, -0.2) is 60.1 Å². The van der Waals surface area contributed by atoms with Gasteiger partial charge in [0, 0.05) is 61.3 Å². The Morgan fingerprint density at radius 3 is 2.24 bits per heavy atom. The lowest BCUT2D eigenvalue weighted by Crippen LogP contribution is -2.52. The van der Waals surface area contributed by atoms with Gasteiger partial charge in [-0.15, -0.1) is 0 Å². The monoisotopic (exact) mass is 330 g/mol. The summed E-state index contributed by atoms with van der Waals surface area (Å²) in [7, 11) is 0. The van der Waals surface area contributed by atoms with Crippen LogP contribution in [0.15, 0.2) is 18.2 Å². The maximum Gasteiger partial charge on any atom is 0.149 e. The first-order valence-corrected chi connectivity index (χ1v) is 9.64. The highest BCUT2D eigenvalue weighted by atomic mass is 32.2. The molecule has 0 atom stereocenters. The molecule has 0 bridgehead atoms. The molecule has 2 aliphatic heterocycles. The topological polar surface area (TPSA) is 6.48 Å². The van der Waals surface area contributed by atoms with Crippen molar-refractivity contribution in [2.24, 2.45) is 0 Å². The van der Waals surface area contributed by atoms with Gasteiger partial charge in [-0.3, -0.25) is 4.90 Å². The van der Waals surface area contributed by atoms with E-state index in [1.165, 1.54) is 29.1 Å². The van der Waals surface area contributed by atoms with Crippen molar-refractivity contribution < 1.29 is 8.78 Å². The third-order valence-electron chi connectivity index (χ3n) is 4.07. The number of hydrogen-bond donors (Lipinski definition) is 0. The van der Waals surface area contributed by atoms with E-state index in [4.69, 9.17) is 0 Å². The summed E-state index contributed by atoms with van der Waals surface area (Å²) in [6.07, 6.45) is 0. The van der Waals surface area contributed by atoms with Crippen LogP contribution in [0.4, 0.5) is 14.5 Å². The van der Waals surface area contributed by atoms with Gasteiger partial charge in [-0.1, -0.05) is 0 Å². The molecule has 116 valence electrons. The van der Waals surface area contributed by atoms with Crippen molar-refractivity contribution in [3.05, 3.63) is 29.8 Å². The highest BCUT2D eigenvalue weighted by Gasteiger charge is 2.26. The van der Waals surface area contributed by atoms with Crippen LogP contribution in [0.3, 0.4) is 0 Å². The van der Waals surface area contributed by atoms with Gasteiger partial charge in [0.1, 0.15) is 11.6 Å². The SMILES string of the molecule is Fc1ccc(N2CCN(C3CSCCSC3)CC2)c(F)c1. The molecule has 1 aromatic rings. The van der Waals surface area contributed by atoms with Gasteiger partial charge in [-0.2, -0.15) is 23.5 Å². The molecule has 0 N–H and O–H groups in total. The fourth-order valence-electron chi connectivity index (χ4n) is 2.88. The minimum absolute atomic E-state index is 0.455. The lowest BCUT2D eigenvalue weighted by molar-refractivity contribution is 0.215. The zero-order valence-electron chi connectivity index (χ0n) is 11.9. The second-order valence-corrected chi connectivity index (χ2v) is 7.72. The number of thioether (sulfide) groups is 2. The van der Waals surface area contributed by atoms with Crippen molar-refractivity contribution >= 4 is 29.2 Å². The Balaban J connectivity index is 1.59. The molecule has 0 aromatic heterocycles. The highest BCUT2D eigenvalue weighted by molar-refractivity contribution is 8.03.